The van der Waals surface area contributed by atoms with Crippen molar-refractivity contribution < 1.29 is 9.59 Å². The third kappa shape index (κ3) is 5.12. The van der Waals surface area contributed by atoms with Crippen LogP contribution in [0.25, 0.3) is 22.4 Å². The van der Waals surface area contributed by atoms with E-state index < -0.39 is 0 Å². The van der Waals surface area contributed by atoms with Gasteiger partial charge in [-0.1, -0.05) is 6.07 Å². The third-order valence-corrected chi connectivity index (χ3v) is 8.54. The van der Waals surface area contributed by atoms with Gasteiger partial charge >= 0.3 is 0 Å². The molecule has 2 bridgehead atoms. The largest absolute Gasteiger partial charge is 0.365 e. The van der Waals surface area contributed by atoms with Crippen LogP contribution in [0.4, 0.5) is 5.69 Å². The van der Waals surface area contributed by atoms with Crippen molar-refractivity contribution in [2.45, 2.75) is 58.8 Å². The van der Waals surface area contributed by atoms with Gasteiger partial charge in [0.2, 0.25) is 5.91 Å². The molecule has 2 aliphatic heterocycles. The van der Waals surface area contributed by atoms with Crippen LogP contribution in [0.15, 0.2) is 61.1 Å². The molecule has 2 aromatic heterocycles. The molecule has 0 spiro atoms. The van der Waals surface area contributed by atoms with Crippen LogP contribution in [0, 0.1) is 6.92 Å². The van der Waals surface area contributed by atoms with Gasteiger partial charge in [0.1, 0.15) is 0 Å². The number of hydrogen-bond acceptors (Lipinski definition) is 5. The number of carbonyl (C=O) groups is 2. The lowest BCUT2D eigenvalue weighted by Gasteiger charge is -2.35. The van der Waals surface area contributed by atoms with Gasteiger partial charge in [-0.25, -0.2) is 0 Å². The van der Waals surface area contributed by atoms with Crippen LogP contribution in [0.3, 0.4) is 0 Å². The number of nitrogens with zero attached hydrogens (tertiary/aromatic N) is 6. The Bertz CT molecular complexity index is 1620. The topological polar surface area (TPSA) is 88.3 Å². The third-order valence-electron chi connectivity index (χ3n) is 8.54. The van der Waals surface area contributed by atoms with Gasteiger partial charge in [-0.3, -0.25) is 19.0 Å². The number of carbonyl (C=O) groups excluding carboxylic acids is 2. The normalized spacial score (nSPS) is 18.7. The Morgan fingerprint density at radius 1 is 1.05 bits per heavy atom. The molecule has 0 aliphatic carbocycles. The molecular formula is C32H37N7O2. The van der Waals surface area contributed by atoms with Gasteiger partial charge in [-0.2, -0.15) is 10.2 Å². The first kappa shape index (κ1) is 26.8. The predicted molar refractivity (Wildman–Crippen MR) is 160 cm³/mol. The van der Waals surface area contributed by atoms with E-state index >= 15 is 0 Å². The van der Waals surface area contributed by atoms with E-state index in [1.165, 1.54) is 0 Å². The lowest BCUT2D eigenvalue weighted by atomic mass is 9.96. The average Bonchev–Trinajstić information content (AvgIpc) is 3.77. The minimum absolute atomic E-state index is 0.102. The standard InChI is InChI=1S/C32H37N7O2/c1-6-37-10-9-31(35-37)25-12-23(11-24(13-25)26-16-33-36(5)17-26)21(3)34-32(41)30-15-27(8-7-20(30)2)39-19-28-14-29(39)18-38(28)22(4)40/h7-13,15-17,21,28-29H,6,14,18-19H2,1-5H3,(H,34,41)/t21-,28-,29-/m1/s1. The number of amides is 2. The molecule has 4 heterocycles. The molecular weight excluding hydrogens is 514 g/mol. The van der Waals surface area contributed by atoms with Gasteiger partial charge in [0.05, 0.1) is 24.0 Å². The van der Waals surface area contributed by atoms with Crippen LogP contribution in [0.5, 0.6) is 0 Å². The highest BCUT2D eigenvalue weighted by atomic mass is 16.2. The quantitative estimate of drug-likeness (QED) is 0.363. The van der Waals surface area contributed by atoms with Crippen molar-refractivity contribution in [1.82, 2.24) is 29.8 Å². The lowest BCUT2D eigenvalue weighted by Crippen LogP contribution is -2.48. The van der Waals surface area contributed by atoms with Crippen molar-refractivity contribution in [3.63, 3.8) is 0 Å². The van der Waals surface area contributed by atoms with E-state index in [2.05, 4.69) is 46.5 Å². The van der Waals surface area contributed by atoms with Gasteiger partial charge in [-0.05, 0) is 80.3 Å². The first-order valence-corrected chi connectivity index (χ1v) is 14.3. The molecule has 0 radical (unpaired) electrons. The van der Waals surface area contributed by atoms with Crippen molar-refractivity contribution >= 4 is 17.5 Å². The van der Waals surface area contributed by atoms with E-state index in [4.69, 9.17) is 5.10 Å². The molecule has 2 amide bonds. The van der Waals surface area contributed by atoms with Crippen molar-refractivity contribution in [3.8, 4) is 22.4 Å². The number of rotatable bonds is 7. The molecule has 0 saturated carbocycles. The molecule has 2 aromatic carbocycles. The summed E-state index contributed by atoms with van der Waals surface area (Å²) in [6, 6.07) is 14.8. The smallest absolute Gasteiger partial charge is 0.252 e. The zero-order chi connectivity index (χ0) is 28.8. The fourth-order valence-corrected chi connectivity index (χ4v) is 6.24. The maximum absolute atomic E-state index is 13.7. The van der Waals surface area contributed by atoms with Gasteiger partial charge in [0.15, 0.2) is 0 Å². The molecule has 9 nitrogen and oxygen atoms in total. The molecule has 2 fully saturated rings. The highest BCUT2D eigenvalue weighted by molar-refractivity contribution is 5.97. The van der Waals surface area contributed by atoms with E-state index in [-0.39, 0.29) is 23.9 Å². The van der Waals surface area contributed by atoms with Crippen molar-refractivity contribution in [2.75, 3.05) is 18.0 Å². The summed E-state index contributed by atoms with van der Waals surface area (Å²) in [5, 5.41) is 12.3. The number of benzene rings is 2. The summed E-state index contributed by atoms with van der Waals surface area (Å²) in [5.41, 5.74) is 7.57. The highest BCUT2D eigenvalue weighted by Gasteiger charge is 2.44. The minimum atomic E-state index is -0.235. The fourth-order valence-electron chi connectivity index (χ4n) is 6.24. The van der Waals surface area contributed by atoms with E-state index in [0.717, 1.165) is 65.3 Å². The highest BCUT2D eigenvalue weighted by Crippen LogP contribution is 2.36. The predicted octanol–water partition coefficient (Wildman–Crippen LogP) is 4.58. The van der Waals surface area contributed by atoms with E-state index in [1.807, 2.05) is 67.3 Å². The number of fused-ring (bicyclic) bond motifs is 2. The number of aryl methyl sites for hydroxylation is 3. The minimum Gasteiger partial charge on any atom is -0.365 e. The Morgan fingerprint density at radius 3 is 2.51 bits per heavy atom. The Kier molecular flexibility index (Phi) is 6.89. The lowest BCUT2D eigenvalue weighted by molar-refractivity contribution is -0.129. The summed E-state index contributed by atoms with van der Waals surface area (Å²) in [6.45, 7) is 10.1. The Hall–Kier alpha value is -4.40. The number of piperazine rings is 1. The first-order valence-electron chi connectivity index (χ1n) is 14.3. The number of nitrogens with one attached hydrogen (secondary N) is 1. The van der Waals surface area contributed by atoms with Gasteiger partial charge < -0.3 is 15.1 Å². The Labute approximate surface area is 240 Å². The SMILES string of the molecule is CCn1ccc(-c2cc(-c3cnn(C)c3)cc([C@@H](C)NC(=O)c3cc(N4C[C@H]5C[C@@H]4CN5C(C)=O)ccc3C)c2)n1. The summed E-state index contributed by atoms with van der Waals surface area (Å²) < 4.78 is 3.70. The molecule has 2 saturated heterocycles. The van der Waals surface area contributed by atoms with Crippen LogP contribution < -0.4 is 10.2 Å². The second kappa shape index (κ2) is 10.5. The summed E-state index contributed by atoms with van der Waals surface area (Å²) in [5.74, 6) is 0.0414. The van der Waals surface area contributed by atoms with Gasteiger partial charge in [0, 0.05) is 74.4 Å². The van der Waals surface area contributed by atoms with E-state index in [9.17, 15) is 9.59 Å². The zero-order valence-corrected chi connectivity index (χ0v) is 24.3. The molecule has 2 aliphatic rings. The molecule has 41 heavy (non-hydrogen) atoms. The molecule has 1 N–H and O–H groups in total. The summed E-state index contributed by atoms with van der Waals surface area (Å²) >= 11 is 0. The molecule has 212 valence electrons. The molecule has 4 aromatic rings. The monoisotopic (exact) mass is 551 g/mol. The maximum atomic E-state index is 13.7. The maximum Gasteiger partial charge on any atom is 0.252 e. The number of aromatic nitrogens is 4. The summed E-state index contributed by atoms with van der Waals surface area (Å²) in [4.78, 5) is 29.9. The first-order chi connectivity index (χ1) is 19.7. The molecule has 0 unspecified atom stereocenters. The fraction of sp³-hybridized carbons (Fsp3) is 0.375. The zero-order valence-electron chi connectivity index (χ0n) is 24.3. The summed E-state index contributed by atoms with van der Waals surface area (Å²) in [6.07, 6.45) is 6.81. The molecule has 3 atom stereocenters. The molecule has 6 rings (SSSR count). The Balaban J connectivity index is 1.26. The summed E-state index contributed by atoms with van der Waals surface area (Å²) in [7, 11) is 1.91. The van der Waals surface area contributed by atoms with Crippen LogP contribution in [0.1, 0.15) is 54.7 Å². The van der Waals surface area contributed by atoms with Crippen LogP contribution >= 0.6 is 0 Å². The van der Waals surface area contributed by atoms with Crippen molar-refractivity contribution in [2.24, 2.45) is 7.05 Å². The van der Waals surface area contributed by atoms with Gasteiger partial charge in [0.25, 0.3) is 5.91 Å². The van der Waals surface area contributed by atoms with Crippen LogP contribution in [0.2, 0.25) is 0 Å². The second-order valence-corrected chi connectivity index (χ2v) is 11.4. The van der Waals surface area contributed by atoms with Crippen LogP contribution in [-0.2, 0) is 18.4 Å². The van der Waals surface area contributed by atoms with Crippen molar-refractivity contribution in [3.05, 3.63) is 77.7 Å². The number of hydrogen-bond donors (Lipinski definition) is 1. The second-order valence-electron chi connectivity index (χ2n) is 11.4. The van der Waals surface area contributed by atoms with E-state index in [0.29, 0.717) is 11.6 Å². The Morgan fingerprint density at radius 2 is 1.85 bits per heavy atom. The van der Waals surface area contributed by atoms with Gasteiger partial charge in [-0.15, -0.1) is 0 Å². The average molecular weight is 552 g/mol. The van der Waals surface area contributed by atoms with Crippen molar-refractivity contribution in [1.29, 1.82) is 0 Å². The number of likely N-dealkylation sites (tertiary alicyclic amines) is 1. The van der Waals surface area contributed by atoms with E-state index in [1.54, 1.807) is 11.6 Å². The van der Waals surface area contributed by atoms with Crippen LogP contribution in [-0.4, -0.2) is 61.4 Å². The molecule has 9 heteroatoms. The number of anilines is 1.